The molecule has 0 spiro atoms. The van der Waals surface area contributed by atoms with Crippen molar-refractivity contribution in [1.82, 2.24) is 4.72 Å². The lowest BCUT2D eigenvalue weighted by Gasteiger charge is -2.20. The second-order valence-corrected chi connectivity index (χ2v) is 8.91. The summed E-state index contributed by atoms with van der Waals surface area (Å²) in [6, 6.07) is 10.6. The minimum atomic E-state index is -3.90. The summed E-state index contributed by atoms with van der Waals surface area (Å²) in [5.74, 6) is 0.372. The molecule has 28 heavy (non-hydrogen) atoms. The zero-order valence-electron chi connectivity index (χ0n) is 16.3. The first-order valence-corrected chi connectivity index (χ1v) is 10.1. The van der Waals surface area contributed by atoms with Gasteiger partial charge in [-0.05, 0) is 57.0 Å². The lowest BCUT2D eigenvalue weighted by molar-refractivity contribution is -0.385. The molecule has 2 rings (SSSR count). The standard InChI is InChI=1S/C19H24N2O6S/c1-19(2,3)20-28(24,25)16-9-10-18(17(13-16)21(22)23)27-15-7-5-14(6-8-15)11-12-26-4/h5-10,13,20H,11-12H2,1-4H3. The highest BCUT2D eigenvalue weighted by atomic mass is 32.2. The van der Waals surface area contributed by atoms with Gasteiger partial charge in [0.1, 0.15) is 5.75 Å². The van der Waals surface area contributed by atoms with Crippen LogP contribution in [0.2, 0.25) is 0 Å². The number of hydrogen-bond donors (Lipinski definition) is 1. The van der Waals surface area contributed by atoms with E-state index in [0.717, 1.165) is 18.1 Å². The first kappa shape index (κ1) is 21.8. The number of hydrogen-bond acceptors (Lipinski definition) is 6. The Bertz CT molecular complexity index is 934. The maximum absolute atomic E-state index is 12.4. The molecule has 1 N–H and O–H groups in total. The first-order valence-electron chi connectivity index (χ1n) is 8.60. The average molecular weight is 408 g/mol. The van der Waals surface area contributed by atoms with Crippen LogP contribution >= 0.6 is 0 Å². The molecule has 0 fully saturated rings. The van der Waals surface area contributed by atoms with Crippen LogP contribution in [0, 0.1) is 10.1 Å². The molecule has 0 aliphatic heterocycles. The molecular formula is C19H24N2O6S. The molecule has 9 heteroatoms. The Morgan fingerprint density at radius 3 is 2.29 bits per heavy atom. The number of sulfonamides is 1. The van der Waals surface area contributed by atoms with E-state index in [1.165, 1.54) is 12.1 Å². The van der Waals surface area contributed by atoms with Gasteiger partial charge in [-0.2, -0.15) is 0 Å². The van der Waals surface area contributed by atoms with E-state index in [2.05, 4.69) is 4.72 Å². The third-order valence-corrected chi connectivity index (χ3v) is 5.38. The van der Waals surface area contributed by atoms with Gasteiger partial charge in [0.05, 0.1) is 16.4 Å². The van der Waals surface area contributed by atoms with Crippen molar-refractivity contribution >= 4 is 15.7 Å². The number of nitro groups is 1. The number of methoxy groups -OCH3 is 1. The van der Waals surface area contributed by atoms with E-state index in [-0.39, 0.29) is 10.6 Å². The number of nitrogens with one attached hydrogen (secondary N) is 1. The lowest BCUT2D eigenvalue weighted by Crippen LogP contribution is -2.40. The summed E-state index contributed by atoms with van der Waals surface area (Å²) in [5, 5.41) is 11.4. The van der Waals surface area contributed by atoms with Gasteiger partial charge in [-0.1, -0.05) is 12.1 Å². The summed E-state index contributed by atoms with van der Waals surface area (Å²) in [5.41, 5.74) is -0.105. The van der Waals surface area contributed by atoms with Gasteiger partial charge in [0, 0.05) is 18.7 Å². The Morgan fingerprint density at radius 1 is 1.11 bits per heavy atom. The minimum Gasteiger partial charge on any atom is -0.450 e. The molecule has 0 aliphatic rings. The Kier molecular flexibility index (Phi) is 6.76. The number of nitrogens with zero attached hydrogens (tertiary/aromatic N) is 1. The second-order valence-electron chi connectivity index (χ2n) is 7.23. The molecule has 0 heterocycles. The lowest BCUT2D eigenvalue weighted by atomic mass is 10.1. The van der Waals surface area contributed by atoms with Gasteiger partial charge in [-0.3, -0.25) is 10.1 Å². The van der Waals surface area contributed by atoms with Gasteiger partial charge in [0.15, 0.2) is 0 Å². The molecular weight excluding hydrogens is 384 g/mol. The van der Waals surface area contributed by atoms with Gasteiger partial charge < -0.3 is 9.47 Å². The van der Waals surface area contributed by atoms with Crippen molar-refractivity contribution in [3.63, 3.8) is 0 Å². The van der Waals surface area contributed by atoms with Crippen molar-refractivity contribution in [2.45, 2.75) is 37.6 Å². The molecule has 2 aromatic rings. The number of ether oxygens (including phenoxy) is 2. The summed E-state index contributed by atoms with van der Waals surface area (Å²) < 4.78 is 38.0. The van der Waals surface area contributed by atoms with Crippen LogP contribution in [0.5, 0.6) is 11.5 Å². The smallest absolute Gasteiger partial charge is 0.312 e. The van der Waals surface area contributed by atoms with Gasteiger partial charge in [-0.15, -0.1) is 0 Å². The van der Waals surface area contributed by atoms with Crippen molar-refractivity contribution in [1.29, 1.82) is 0 Å². The third kappa shape index (κ3) is 6.01. The molecule has 0 aliphatic carbocycles. The number of rotatable bonds is 8. The van der Waals surface area contributed by atoms with Crippen molar-refractivity contribution in [2.75, 3.05) is 13.7 Å². The Morgan fingerprint density at radius 2 is 1.75 bits per heavy atom. The van der Waals surface area contributed by atoms with E-state index >= 15 is 0 Å². The van der Waals surface area contributed by atoms with Gasteiger partial charge in [0.25, 0.3) is 0 Å². The second kappa shape index (κ2) is 8.68. The Labute approximate surface area is 164 Å². The third-order valence-electron chi connectivity index (χ3n) is 3.62. The molecule has 0 aromatic heterocycles. The highest BCUT2D eigenvalue weighted by molar-refractivity contribution is 7.89. The van der Waals surface area contributed by atoms with Gasteiger partial charge >= 0.3 is 5.69 Å². The van der Waals surface area contributed by atoms with Crippen LogP contribution in [0.1, 0.15) is 26.3 Å². The molecule has 8 nitrogen and oxygen atoms in total. The van der Waals surface area contributed by atoms with Crippen molar-refractivity contribution in [2.24, 2.45) is 0 Å². The van der Waals surface area contributed by atoms with E-state index in [4.69, 9.17) is 9.47 Å². The quantitative estimate of drug-likeness (QED) is 0.528. The molecule has 0 amide bonds. The van der Waals surface area contributed by atoms with Crippen LogP contribution in [-0.4, -0.2) is 32.6 Å². The summed E-state index contributed by atoms with van der Waals surface area (Å²) in [7, 11) is -2.28. The van der Waals surface area contributed by atoms with Gasteiger partial charge in [0.2, 0.25) is 15.8 Å². The molecule has 2 aromatic carbocycles. The highest BCUT2D eigenvalue weighted by Gasteiger charge is 2.26. The summed E-state index contributed by atoms with van der Waals surface area (Å²) in [4.78, 5) is 10.6. The fourth-order valence-corrected chi connectivity index (χ4v) is 3.86. The summed E-state index contributed by atoms with van der Waals surface area (Å²) in [6.45, 7) is 5.65. The van der Waals surface area contributed by atoms with Crippen LogP contribution in [-0.2, 0) is 21.2 Å². The predicted octanol–water partition coefficient (Wildman–Crippen LogP) is 3.65. The molecule has 0 saturated carbocycles. The van der Waals surface area contributed by atoms with Crippen molar-refractivity contribution < 1.29 is 22.8 Å². The van der Waals surface area contributed by atoms with Crippen molar-refractivity contribution in [3.8, 4) is 11.5 Å². The molecule has 0 saturated heterocycles. The Hall–Kier alpha value is -2.49. The van der Waals surface area contributed by atoms with E-state index in [1.807, 2.05) is 12.1 Å². The van der Waals surface area contributed by atoms with Gasteiger partial charge in [-0.25, -0.2) is 13.1 Å². The topological polar surface area (TPSA) is 108 Å². The van der Waals surface area contributed by atoms with E-state index in [0.29, 0.717) is 12.4 Å². The van der Waals surface area contributed by atoms with Crippen LogP contribution in [0.25, 0.3) is 0 Å². The maximum atomic E-state index is 12.4. The fourth-order valence-electron chi connectivity index (χ4n) is 2.43. The zero-order valence-corrected chi connectivity index (χ0v) is 17.1. The van der Waals surface area contributed by atoms with Crippen LogP contribution < -0.4 is 9.46 Å². The molecule has 0 unspecified atom stereocenters. The van der Waals surface area contributed by atoms with E-state index in [9.17, 15) is 18.5 Å². The monoisotopic (exact) mass is 408 g/mol. The first-order chi connectivity index (χ1) is 13.0. The average Bonchev–Trinajstić information content (AvgIpc) is 2.59. The van der Waals surface area contributed by atoms with Crippen LogP contribution in [0.3, 0.4) is 0 Å². The normalized spacial score (nSPS) is 12.0. The van der Waals surface area contributed by atoms with E-state index in [1.54, 1.807) is 40.0 Å². The van der Waals surface area contributed by atoms with Crippen molar-refractivity contribution in [3.05, 3.63) is 58.1 Å². The Balaban J connectivity index is 2.29. The largest absolute Gasteiger partial charge is 0.450 e. The predicted molar refractivity (Wildman–Crippen MR) is 105 cm³/mol. The maximum Gasteiger partial charge on any atom is 0.312 e. The summed E-state index contributed by atoms with van der Waals surface area (Å²) in [6.07, 6.45) is 0.740. The van der Waals surface area contributed by atoms with E-state index < -0.39 is 26.2 Å². The molecule has 0 atom stereocenters. The molecule has 0 radical (unpaired) electrons. The fraction of sp³-hybridized carbons (Fsp3) is 0.368. The SMILES string of the molecule is COCCc1ccc(Oc2ccc(S(=O)(=O)NC(C)(C)C)cc2[N+](=O)[O-])cc1. The number of benzene rings is 2. The van der Waals surface area contributed by atoms with Crippen LogP contribution in [0.15, 0.2) is 47.4 Å². The van der Waals surface area contributed by atoms with Crippen LogP contribution in [0.4, 0.5) is 5.69 Å². The minimum absolute atomic E-state index is 0.0376. The highest BCUT2D eigenvalue weighted by Crippen LogP contribution is 2.33. The molecule has 0 bridgehead atoms. The number of nitro benzene ring substituents is 1. The summed E-state index contributed by atoms with van der Waals surface area (Å²) >= 11 is 0. The molecule has 152 valence electrons. The zero-order chi connectivity index (χ0) is 20.9.